The van der Waals surface area contributed by atoms with Gasteiger partial charge in [-0.1, -0.05) is 19.1 Å². The van der Waals surface area contributed by atoms with Gasteiger partial charge in [0.2, 0.25) is 0 Å². The number of benzene rings is 1. The molecule has 1 radical (unpaired) electrons. The average molecular weight is 249 g/mol. The molecule has 0 saturated heterocycles. The summed E-state index contributed by atoms with van der Waals surface area (Å²) in [6.45, 7) is 2.05. The Bertz CT molecular complexity index is 244. The molecule has 1 nitrogen and oxygen atoms in total. The first-order valence-electron chi connectivity index (χ1n) is 4.19. The first-order valence-corrected chi connectivity index (χ1v) is 4.19. The quantitative estimate of drug-likeness (QED) is 0.592. The minimum absolute atomic E-state index is 0. The van der Waals surface area contributed by atoms with Gasteiger partial charge in [0.05, 0.1) is 0 Å². The molecule has 0 aliphatic carbocycles. The number of hydrogen-bond donors (Lipinski definition) is 0. The first-order chi connectivity index (χ1) is 5.84. The maximum absolute atomic E-state index is 11.3. The minimum atomic E-state index is 0. The van der Waals surface area contributed by atoms with Gasteiger partial charge in [-0.05, 0) is 0 Å². The van der Waals surface area contributed by atoms with Gasteiger partial charge in [0.1, 0.15) is 0 Å². The minimum Gasteiger partial charge on any atom is -0.389 e. The first kappa shape index (κ1) is 12.9. The molecule has 0 aliphatic rings. The van der Waals surface area contributed by atoms with Crippen molar-refractivity contribution in [2.75, 3.05) is 0 Å². The van der Waals surface area contributed by atoms with Gasteiger partial charge in [0, 0.05) is 32.7 Å². The van der Waals surface area contributed by atoms with E-state index in [4.69, 9.17) is 0 Å². The third-order valence-electron chi connectivity index (χ3n) is 1.59. The predicted molar refractivity (Wildman–Crippen MR) is 48.8 cm³/mol. The van der Waals surface area contributed by atoms with Crippen LogP contribution < -0.4 is 0 Å². The van der Waals surface area contributed by atoms with Crippen molar-refractivity contribution < 1.29 is 37.5 Å². The molecule has 0 aliphatic heterocycles. The fourth-order valence-electron chi connectivity index (χ4n) is 0.932. The number of carbonyl (C=O) groups is 1. The van der Waals surface area contributed by atoms with Gasteiger partial charge in [-0.15, -0.1) is 12.5 Å². The van der Waals surface area contributed by atoms with Crippen LogP contribution in [0.15, 0.2) is 24.3 Å². The zero-order valence-electron chi connectivity index (χ0n) is 7.79. The van der Waals surface area contributed by atoms with E-state index in [1.165, 1.54) is 0 Å². The van der Waals surface area contributed by atoms with Crippen LogP contribution in [0, 0.1) is 12.5 Å². The Morgan fingerprint density at radius 2 is 2.31 bits per heavy atom. The van der Waals surface area contributed by atoms with Crippen molar-refractivity contribution in [3.05, 3.63) is 42.3 Å². The van der Waals surface area contributed by atoms with Gasteiger partial charge in [-0.2, -0.15) is 12.1 Å². The molecule has 0 fully saturated rings. The van der Waals surface area contributed by atoms with Crippen LogP contribution in [0.3, 0.4) is 0 Å². The van der Waals surface area contributed by atoms with Crippen LogP contribution in [0.5, 0.6) is 0 Å². The number of Topliss-reactive ketones (excluding diaryl/α,β-unsaturated/α-hetero) is 1. The summed E-state index contributed by atoms with van der Waals surface area (Å²) in [5, 5.41) is 0. The van der Waals surface area contributed by atoms with E-state index in [-0.39, 0.29) is 38.5 Å². The predicted octanol–water partition coefficient (Wildman–Crippen LogP) is 2.67. The Morgan fingerprint density at radius 3 is 2.85 bits per heavy atom. The van der Waals surface area contributed by atoms with Gasteiger partial charge in [-0.3, -0.25) is 5.56 Å². The smallest absolute Gasteiger partial charge is 0 e. The summed E-state index contributed by atoms with van der Waals surface area (Å²) in [6.07, 6.45) is 3.58. The Balaban J connectivity index is 0.00000144. The molecule has 2 heteroatoms. The van der Waals surface area contributed by atoms with E-state index in [1.807, 2.05) is 12.1 Å². The molecule has 1 aromatic carbocycles. The van der Waals surface area contributed by atoms with Gasteiger partial charge in [0.15, 0.2) is 0 Å². The molecule has 0 unspecified atom stereocenters. The van der Waals surface area contributed by atoms with Crippen molar-refractivity contribution in [3.63, 3.8) is 0 Å². The molecule has 0 saturated carbocycles. The molecule has 1 aromatic rings. The monoisotopic (exact) mass is 249 g/mol. The zero-order chi connectivity index (χ0) is 8.81. The summed E-state index contributed by atoms with van der Waals surface area (Å²) in [5.41, 5.74) is 0.658. The van der Waals surface area contributed by atoms with Crippen LogP contribution in [-0.2, 0) is 32.7 Å². The fourth-order valence-corrected chi connectivity index (χ4v) is 0.932. The van der Waals surface area contributed by atoms with E-state index in [2.05, 4.69) is 13.0 Å². The molecular formula is C11H12OY-2. The summed E-state index contributed by atoms with van der Waals surface area (Å²) in [7, 11) is 0. The van der Waals surface area contributed by atoms with E-state index in [1.54, 1.807) is 18.6 Å². The van der Waals surface area contributed by atoms with Gasteiger partial charge < -0.3 is 4.79 Å². The van der Waals surface area contributed by atoms with E-state index >= 15 is 0 Å². The van der Waals surface area contributed by atoms with E-state index < -0.39 is 0 Å². The Kier molecular flexibility index (Phi) is 7.21. The van der Waals surface area contributed by atoms with Gasteiger partial charge in [-0.25, -0.2) is 18.6 Å². The van der Waals surface area contributed by atoms with Gasteiger partial charge >= 0.3 is 0 Å². The Morgan fingerprint density at radius 1 is 1.54 bits per heavy atom. The maximum Gasteiger partial charge on any atom is 0 e. The Hall–Kier alpha value is -0.136. The third-order valence-corrected chi connectivity index (χ3v) is 1.59. The second kappa shape index (κ2) is 7.28. The molecule has 13 heavy (non-hydrogen) atoms. The molecule has 0 bridgehead atoms. The molecular weight excluding hydrogens is 237 g/mol. The SMILES string of the molecule is CCC[CH-]C(=O)c1[c-]cccc1.[Y]. The van der Waals surface area contributed by atoms with Crippen molar-refractivity contribution in [2.24, 2.45) is 0 Å². The summed E-state index contributed by atoms with van der Waals surface area (Å²) in [5.74, 6) is 0.0810. The molecule has 0 amide bonds. The second-order valence-corrected chi connectivity index (χ2v) is 2.63. The number of carbonyl (C=O) groups excluding carboxylic acids is 1. The fraction of sp³-hybridized carbons (Fsp3) is 0.273. The van der Waals surface area contributed by atoms with E-state index in [9.17, 15) is 4.79 Å². The topological polar surface area (TPSA) is 17.1 Å². The summed E-state index contributed by atoms with van der Waals surface area (Å²) < 4.78 is 0. The number of rotatable bonds is 4. The second-order valence-electron chi connectivity index (χ2n) is 2.63. The van der Waals surface area contributed by atoms with Crippen LogP contribution in [-0.4, -0.2) is 5.78 Å². The van der Waals surface area contributed by atoms with Crippen molar-refractivity contribution in [1.82, 2.24) is 0 Å². The maximum atomic E-state index is 11.3. The summed E-state index contributed by atoms with van der Waals surface area (Å²) in [6, 6.07) is 10.1. The molecule has 0 aromatic heterocycles. The molecule has 0 spiro atoms. The largest absolute Gasteiger partial charge is 0.389 e. The molecule has 0 heterocycles. The van der Waals surface area contributed by atoms with Crippen LogP contribution in [0.4, 0.5) is 0 Å². The van der Waals surface area contributed by atoms with Crippen LogP contribution in [0.25, 0.3) is 0 Å². The normalized spacial score (nSPS) is 8.69. The third kappa shape index (κ3) is 4.59. The van der Waals surface area contributed by atoms with Crippen LogP contribution in [0.1, 0.15) is 30.1 Å². The van der Waals surface area contributed by atoms with Crippen molar-refractivity contribution in [2.45, 2.75) is 19.8 Å². The molecule has 1 rings (SSSR count). The van der Waals surface area contributed by atoms with E-state index in [0.29, 0.717) is 5.56 Å². The summed E-state index contributed by atoms with van der Waals surface area (Å²) in [4.78, 5) is 11.3. The van der Waals surface area contributed by atoms with Crippen LogP contribution in [0.2, 0.25) is 0 Å². The molecule has 0 atom stereocenters. The van der Waals surface area contributed by atoms with Crippen LogP contribution >= 0.6 is 0 Å². The summed E-state index contributed by atoms with van der Waals surface area (Å²) >= 11 is 0. The van der Waals surface area contributed by atoms with Crippen molar-refractivity contribution in [1.29, 1.82) is 0 Å². The van der Waals surface area contributed by atoms with Gasteiger partial charge in [0.25, 0.3) is 0 Å². The Labute approximate surface area is 105 Å². The standard InChI is InChI=1S/C11H12O.Y/c1-2-3-9-11(12)10-7-5-4-6-8-10;/h4-7,9H,2-3H2,1H3;/q-2;. The number of unbranched alkanes of at least 4 members (excludes halogenated alkanes) is 1. The van der Waals surface area contributed by atoms with Crippen molar-refractivity contribution >= 4 is 5.78 Å². The average Bonchev–Trinajstić information content (AvgIpc) is 2.15. The number of hydrogen-bond acceptors (Lipinski definition) is 1. The van der Waals surface area contributed by atoms with E-state index in [0.717, 1.165) is 12.8 Å². The van der Waals surface area contributed by atoms with Crippen molar-refractivity contribution in [3.8, 4) is 0 Å². The zero-order valence-corrected chi connectivity index (χ0v) is 10.6. The molecule has 0 N–H and O–H groups in total. The number of ketones is 1. The molecule has 67 valence electrons.